The zero-order valence-corrected chi connectivity index (χ0v) is 9.77. The number of aliphatic hydroxyl groups is 1. The Kier molecular flexibility index (Phi) is 2.92. The minimum Gasteiger partial charge on any atom is -0.396 e. The molecule has 2 heteroatoms. The van der Waals surface area contributed by atoms with E-state index in [1.807, 2.05) is 12.3 Å². The van der Waals surface area contributed by atoms with Gasteiger partial charge in [0, 0.05) is 18.2 Å². The van der Waals surface area contributed by atoms with E-state index in [1.54, 1.807) is 0 Å². The van der Waals surface area contributed by atoms with E-state index in [0.717, 1.165) is 17.3 Å². The van der Waals surface area contributed by atoms with Crippen molar-refractivity contribution in [1.29, 1.82) is 0 Å². The molecule has 0 bridgehead atoms. The van der Waals surface area contributed by atoms with E-state index in [9.17, 15) is 5.11 Å². The molecule has 0 aliphatic heterocycles. The van der Waals surface area contributed by atoms with Gasteiger partial charge in [0.25, 0.3) is 0 Å². The van der Waals surface area contributed by atoms with E-state index in [4.69, 9.17) is 0 Å². The average molecular weight is 215 g/mol. The Morgan fingerprint density at radius 2 is 2.06 bits per heavy atom. The maximum Gasteiger partial charge on any atom is 0.0704 e. The lowest BCUT2D eigenvalue weighted by Crippen LogP contribution is -2.19. The number of aromatic nitrogens is 1. The van der Waals surface area contributed by atoms with Crippen LogP contribution in [0.1, 0.15) is 19.4 Å². The third kappa shape index (κ3) is 2.39. The molecule has 2 aromatic rings. The van der Waals surface area contributed by atoms with Crippen LogP contribution >= 0.6 is 0 Å². The minimum absolute atomic E-state index is 0.0670. The lowest BCUT2D eigenvalue weighted by atomic mass is 9.86. The molecule has 2 nitrogen and oxygen atoms in total. The summed E-state index contributed by atoms with van der Waals surface area (Å²) < 4.78 is 0. The highest BCUT2D eigenvalue weighted by Gasteiger charge is 2.17. The summed E-state index contributed by atoms with van der Waals surface area (Å²) in [6, 6.07) is 10.3. The second-order valence-corrected chi connectivity index (χ2v) is 5.03. The molecule has 0 fully saturated rings. The molecule has 1 heterocycles. The highest BCUT2D eigenvalue weighted by atomic mass is 16.3. The SMILES string of the molecule is CC(C)(CO)Cc1ccc2cccnc2c1. The van der Waals surface area contributed by atoms with Crippen molar-refractivity contribution < 1.29 is 5.11 Å². The summed E-state index contributed by atoms with van der Waals surface area (Å²) in [7, 11) is 0. The first-order valence-electron chi connectivity index (χ1n) is 5.55. The van der Waals surface area contributed by atoms with Crippen molar-refractivity contribution in [1.82, 2.24) is 4.98 Å². The normalized spacial score (nSPS) is 11.9. The number of fused-ring (bicyclic) bond motifs is 1. The number of hydrogen-bond donors (Lipinski definition) is 1. The van der Waals surface area contributed by atoms with Crippen LogP contribution in [0.4, 0.5) is 0 Å². The lowest BCUT2D eigenvalue weighted by Gasteiger charge is -2.21. The number of pyridine rings is 1. The Labute approximate surface area is 96.0 Å². The van der Waals surface area contributed by atoms with Crippen LogP contribution in [0.25, 0.3) is 10.9 Å². The summed E-state index contributed by atoms with van der Waals surface area (Å²) in [5.74, 6) is 0. The van der Waals surface area contributed by atoms with E-state index in [1.165, 1.54) is 5.56 Å². The van der Waals surface area contributed by atoms with Crippen LogP contribution in [0.5, 0.6) is 0 Å². The molecule has 0 atom stereocenters. The molecule has 1 aromatic heterocycles. The molecule has 1 N–H and O–H groups in total. The fourth-order valence-corrected chi connectivity index (χ4v) is 1.83. The molecular weight excluding hydrogens is 198 g/mol. The smallest absolute Gasteiger partial charge is 0.0704 e. The molecular formula is C14H17NO. The van der Waals surface area contributed by atoms with Crippen LogP contribution in [0.3, 0.4) is 0 Å². The maximum absolute atomic E-state index is 9.25. The molecule has 0 aliphatic rings. The summed E-state index contributed by atoms with van der Waals surface area (Å²) in [6.07, 6.45) is 2.68. The largest absolute Gasteiger partial charge is 0.396 e. The molecule has 0 spiro atoms. The quantitative estimate of drug-likeness (QED) is 0.854. The second kappa shape index (κ2) is 4.22. The Balaban J connectivity index is 2.33. The van der Waals surface area contributed by atoms with Crippen LogP contribution in [-0.2, 0) is 6.42 Å². The Morgan fingerprint density at radius 1 is 1.25 bits per heavy atom. The van der Waals surface area contributed by atoms with Crippen molar-refractivity contribution in [2.75, 3.05) is 6.61 Å². The molecule has 1 aromatic carbocycles. The Bertz CT molecular complexity index is 491. The Morgan fingerprint density at radius 3 is 2.81 bits per heavy atom. The highest BCUT2D eigenvalue weighted by molar-refractivity contribution is 5.78. The van der Waals surface area contributed by atoms with Gasteiger partial charge in [0.1, 0.15) is 0 Å². The van der Waals surface area contributed by atoms with Gasteiger partial charge in [-0.15, -0.1) is 0 Å². The van der Waals surface area contributed by atoms with Gasteiger partial charge in [-0.1, -0.05) is 32.0 Å². The fourth-order valence-electron chi connectivity index (χ4n) is 1.83. The molecule has 0 saturated carbocycles. The van der Waals surface area contributed by atoms with E-state index in [-0.39, 0.29) is 12.0 Å². The van der Waals surface area contributed by atoms with Crippen molar-refractivity contribution in [2.45, 2.75) is 20.3 Å². The number of nitrogens with zero attached hydrogens (tertiary/aromatic N) is 1. The number of hydrogen-bond acceptors (Lipinski definition) is 2. The summed E-state index contributed by atoms with van der Waals surface area (Å²) in [5, 5.41) is 10.4. The van der Waals surface area contributed by atoms with Gasteiger partial charge in [0.05, 0.1) is 5.52 Å². The van der Waals surface area contributed by atoms with Crippen LogP contribution in [0.15, 0.2) is 36.5 Å². The molecule has 84 valence electrons. The summed E-state index contributed by atoms with van der Waals surface area (Å²) in [6.45, 7) is 4.33. The highest BCUT2D eigenvalue weighted by Crippen LogP contribution is 2.23. The molecule has 0 amide bonds. The van der Waals surface area contributed by atoms with Crippen molar-refractivity contribution >= 4 is 10.9 Å². The third-order valence-electron chi connectivity index (χ3n) is 2.78. The van der Waals surface area contributed by atoms with Crippen molar-refractivity contribution in [3.05, 3.63) is 42.1 Å². The number of rotatable bonds is 3. The first-order valence-corrected chi connectivity index (χ1v) is 5.55. The van der Waals surface area contributed by atoms with Crippen LogP contribution in [0, 0.1) is 5.41 Å². The predicted octanol–water partition coefficient (Wildman–Crippen LogP) is 2.80. The number of aliphatic hydroxyl groups excluding tert-OH is 1. The molecule has 16 heavy (non-hydrogen) atoms. The Hall–Kier alpha value is -1.41. The van der Waals surface area contributed by atoms with E-state index < -0.39 is 0 Å². The van der Waals surface area contributed by atoms with Gasteiger partial charge < -0.3 is 5.11 Å². The first-order chi connectivity index (χ1) is 7.61. The molecule has 0 unspecified atom stereocenters. The van der Waals surface area contributed by atoms with Crippen molar-refractivity contribution in [2.24, 2.45) is 5.41 Å². The second-order valence-electron chi connectivity index (χ2n) is 5.03. The van der Waals surface area contributed by atoms with Gasteiger partial charge in [-0.3, -0.25) is 4.98 Å². The van der Waals surface area contributed by atoms with Crippen LogP contribution in [-0.4, -0.2) is 16.7 Å². The fraction of sp³-hybridized carbons (Fsp3) is 0.357. The van der Waals surface area contributed by atoms with Gasteiger partial charge in [0.2, 0.25) is 0 Å². The summed E-state index contributed by atoms with van der Waals surface area (Å²) >= 11 is 0. The van der Waals surface area contributed by atoms with Crippen molar-refractivity contribution in [3.8, 4) is 0 Å². The van der Waals surface area contributed by atoms with Gasteiger partial charge in [-0.05, 0) is 29.5 Å². The average Bonchev–Trinajstić information content (AvgIpc) is 2.28. The lowest BCUT2D eigenvalue weighted by molar-refractivity contribution is 0.159. The van der Waals surface area contributed by atoms with E-state index >= 15 is 0 Å². The van der Waals surface area contributed by atoms with Crippen LogP contribution < -0.4 is 0 Å². The molecule has 0 saturated heterocycles. The summed E-state index contributed by atoms with van der Waals surface area (Å²) in [4.78, 5) is 4.34. The van der Waals surface area contributed by atoms with Gasteiger partial charge in [0.15, 0.2) is 0 Å². The first kappa shape index (κ1) is 11.1. The predicted molar refractivity (Wildman–Crippen MR) is 66.3 cm³/mol. The summed E-state index contributed by atoms with van der Waals surface area (Å²) in [5.41, 5.74) is 2.18. The van der Waals surface area contributed by atoms with Crippen molar-refractivity contribution in [3.63, 3.8) is 0 Å². The molecule has 2 rings (SSSR count). The molecule has 0 aliphatic carbocycles. The maximum atomic E-state index is 9.25. The standard InChI is InChI=1S/C14H17NO/c1-14(2,10-16)9-11-5-6-12-4-3-7-15-13(12)8-11/h3-8,16H,9-10H2,1-2H3. The van der Waals surface area contributed by atoms with Gasteiger partial charge in [-0.2, -0.15) is 0 Å². The monoisotopic (exact) mass is 215 g/mol. The minimum atomic E-state index is -0.0670. The van der Waals surface area contributed by atoms with E-state index in [0.29, 0.717) is 0 Å². The van der Waals surface area contributed by atoms with Gasteiger partial charge in [-0.25, -0.2) is 0 Å². The zero-order chi connectivity index (χ0) is 11.6. The van der Waals surface area contributed by atoms with Crippen LogP contribution in [0.2, 0.25) is 0 Å². The molecule has 0 radical (unpaired) electrons. The zero-order valence-electron chi connectivity index (χ0n) is 9.77. The van der Waals surface area contributed by atoms with Gasteiger partial charge >= 0.3 is 0 Å². The third-order valence-corrected chi connectivity index (χ3v) is 2.78. The topological polar surface area (TPSA) is 33.1 Å². The van der Waals surface area contributed by atoms with E-state index in [2.05, 4.69) is 43.1 Å². The number of benzene rings is 1.